The Morgan fingerprint density at radius 3 is 2.55 bits per heavy atom. The van der Waals surface area contributed by atoms with Crippen LogP contribution in [0, 0.1) is 23.7 Å². The van der Waals surface area contributed by atoms with Crippen LogP contribution in [0.1, 0.15) is 88.9 Å². The van der Waals surface area contributed by atoms with Crippen molar-refractivity contribution in [3.8, 4) is 0 Å². The first kappa shape index (κ1) is 19.4. The van der Waals surface area contributed by atoms with E-state index in [1.54, 1.807) is 0 Å². The smallest absolute Gasteiger partial charge is 0.256 e. The molecule has 1 N–H and O–H groups in total. The molecule has 0 aromatic carbocycles. The van der Waals surface area contributed by atoms with Crippen LogP contribution in [0.4, 0.5) is 5.82 Å². The lowest BCUT2D eigenvalue weighted by Crippen LogP contribution is -2.42. The summed E-state index contributed by atoms with van der Waals surface area (Å²) in [6.07, 6.45) is 13.6. The van der Waals surface area contributed by atoms with Crippen LogP contribution >= 0.6 is 0 Å². The van der Waals surface area contributed by atoms with Gasteiger partial charge < -0.3 is 10.2 Å². The highest BCUT2D eigenvalue weighted by Gasteiger charge is 2.46. The quantitative estimate of drug-likeness (QED) is 0.811. The molecule has 4 aliphatic rings. The minimum atomic E-state index is -0.133. The van der Waals surface area contributed by atoms with Gasteiger partial charge in [0.2, 0.25) is 0 Å². The highest BCUT2D eigenvalue weighted by atomic mass is 16.1. The van der Waals surface area contributed by atoms with Crippen LogP contribution in [0.15, 0.2) is 6.20 Å². The molecular formula is C24H38N4O. The monoisotopic (exact) mass is 398 g/mol. The Morgan fingerprint density at radius 2 is 1.79 bits per heavy atom. The molecule has 5 atom stereocenters. The van der Waals surface area contributed by atoms with Gasteiger partial charge in [0.05, 0.1) is 11.7 Å². The Hall–Kier alpha value is -1.52. The average Bonchev–Trinajstić information content (AvgIpc) is 3.23. The van der Waals surface area contributed by atoms with E-state index in [1.165, 1.54) is 51.4 Å². The molecule has 5 rings (SSSR count). The van der Waals surface area contributed by atoms with E-state index in [2.05, 4.69) is 35.7 Å². The Kier molecular flexibility index (Phi) is 4.90. The predicted molar refractivity (Wildman–Crippen MR) is 116 cm³/mol. The summed E-state index contributed by atoms with van der Waals surface area (Å²) in [5.74, 6) is 4.54. The zero-order chi connectivity index (χ0) is 20.2. The summed E-state index contributed by atoms with van der Waals surface area (Å²) in [4.78, 5) is 15.9. The summed E-state index contributed by atoms with van der Waals surface area (Å²) in [6.45, 7) is 8.58. The third-order valence-electron chi connectivity index (χ3n) is 8.15. The molecule has 1 aliphatic heterocycles. The Morgan fingerprint density at radius 1 is 1.03 bits per heavy atom. The van der Waals surface area contributed by atoms with Crippen LogP contribution in [-0.2, 0) is 5.54 Å². The summed E-state index contributed by atoms with van der Waals surface area (Å²) in [7, 11) is 0. The van der Waals surface area contributed by atoms with Crippen LogP contribution < -0.4 is 10.2 Å². The fourth-order valence-corrected chi connectivity index (χ4v) is 6.92. The summed E-state index contributed by atoms with van der Waals surface area (Å²) in [6, 6.07) is 0.356. The zero-order valence-electron chi connectivity index (χ0n) is 18.5. The highest BCUT2D eigenvalue weighted by molar-refractivity contribution is 5.99. The van der Waals surface area contributed by atoms with Crippen molar-refractivity contribution in [2.45, 2.75) is 90.1 Å². The van der Waals surface area contributed by atoms with E-state index in [4.69, 9.17) is 5.10 Å². The van der Waals surface area contributed by atoms with Crippen LogP contribution in [0.3, 0.4) is 0 Å². The molecule has 0 radical (unpaired) electrons. The van der Waals surface area contributed by atoms with Crippen LogP contribution in [0.2, 0.25) is 0 Å². The highest BCUT2D eigenvalue weighted by Crippen LogP contribution is 2.53. The van der Waals surface area contributed by atoms with Crippen LogP contribution in [-0.4, -0.2) is 34.8 Å². The van der Waals surface area contributed by atoms with Gasteiger partial charge in [0, 0.05) is 19.1 Å². The van der Waals surface area contributed by atoms with E-state index < -0.39 is 0 Å². The molecule has 160 valence electrons. The molecule has 1 saturated heterocycles. The van der Waals surface area contributed by atoms with Gasteiger partial charge in [-0.1, -0.05) is 0 Å². The second-order valence-corrected chi connectivity index (χ2v) is 11.3. The van der Waals surface area contributed by atoms with E-state index in [0.717, 1.165) is 48.6 Å². The fourth-order valence-electron chi connectivity index (χ4n) is 6.92. The molecule has 0 spiro atoms. The average molecular weight is 399 g/mol. The molecule has 4 fully saturated rings. The van der Waals surface area contributed by atoms with Gasteiger partial charge in [-0.2, -0.15) is 5.10 Å². The molecule has 1 aromatic rings. The second-order valence-electron chi connectivity index (χ2n) is 11.3. The molecule has 3 saturated carbocycles. The van der Waals surface area contributed by atoms with Gasteiger partial charge in [0.1, 0.15) is 11.4 Å². The molecule has 3 aliphatic carbocycles. The number of carbonyl (C=O) groups excluding carboxylic acids is 1. The number of carbonyl (C=O) groups is 1. The molecule has 1 amide bonds. The lowest BCUT2D eigenvalue weighted by molar-refractivity contribution is 0.0913. The topological polar surface area (TPSA) is 50.2 Å². The number of nitrogens with zero attached hydrogens (tertiary/aromatic N) is 3. The standard InChI is InChI=1S/C24H38N4O/c1-24(2,3)28-23(27-9-5-4-6-10-27)20(15-25-28)22(29)26-21-8-7-16-11-17-13-18(12-16)19(21)14-17/h15-19,21H,4-14H2,1-3H3,(H,26,29). The van der Waals surface area contributed by atoms with Gasteiger partial charge in [0.15, 0.2) is 0 Å². The van der Waals surface area contributed by atoms with Gasteiger partial charge in [-0.25, -0.2) is 4.68 Å². The number of rotatable bonds is 3. The molecule has 29 heavy (non-hydrogen) atoms. The van der Waals surface area contributed by atoms with Crippen molar-refractivity contribution in [1.82, 2.24) is 15.1 Å². The summed E-state index contributed by atoms with van der Waals surface area (Å²) < 4.78 is 2.08. The molecule has 2 heterocycles. The first-order valence-electron chi connectivity index (χ1n) is 12.0. The number of aromatic nitrogens is 2. The van der Waals surface area contributed by atoms with E-state index in [-0.39, 0.29) is 11.4 Å². The van der Waals surface area contributed by atoms with Gasteiger partial charge in [0.25, 0.3) is 5.91 Å². The van der Waals surface area contributed by atoms with Gasteiger partial charge in [-0.3, -0.25) is 4.79 Å². The maximum absolute atomic E-state index is 13.5. The molecule has 3 bridgehead atoms. The Bertz CT molecular complexity index is 757. The number of anilines is 1. The molecule has 5 unspecified atom stereocenters. The minimum Gasteiger partial charge on any atom is -0.356 e. The zero-order valence-corrected chi connectivity index (χ0v) is 18.5. The third kappa shape index (κ3) is 3.59. The summed E-state index contributed by atoms with van der Waals surface area (Å²) in [5, 5.41) is 8.21. The van der Waals surface area contributed by atoms with Gasteiger partial charge >= 0.3 is 0 Å². The maximum Gasteiger partial charge on any atom is 0.256 e. The Labute approximate surface area is 175 Å². The number of hydrogen-bond acceptors (Lipinski definition) is 3. The van der Waals surface area contributed by atoms with Crippen molar-refractivity contribution in [1.29, 1.82) is 0 Å². The first-order chi connectivity index (χ1) is 13.9. The van der Waals surface area contributed by atoms with E-state index in [9.17, 15) is 4.79 Å². The minimum absolute atomic E-state index is 0.104. The van der Waals surface area contributed by atoms with Gasteiger partial charge in [-0.05, 0) is 102 Å². The Balaban J connectivity index is 1.40. The lowest BCUT2D eigenvalue weighted by Gasteiger charge is -2.33. The summed E-state index contributed by atoms with van der Waals surface area (Å²) in [5.41, 5.74) is 0.650. The van der Waals surface area contributed by atoms with Crippen molar-refractivity contribution in [3.05, 3.63) is 11.8 Å². The molecular weight excluding hydrogens is 360 g/mol. The van der Waals surface area contributed by atoms with E-state index in [1.807, 2.05) is 6.20 Å². The van der Waals surface area contributed by atoms with Crippen molar-refractivity contribution >= 4 is 11.7 Å². The molecule has 5 heteroatoms. The predicted octanol–water partition coefficient (Wildman–Crippen LogP) is 4.57. The fraction of sp³-hybridized carbons (Fsp3) is 0.833. The largest absolute Gasteiger partial charge is 0.356 e. The van der Waals surface area contributed by atoms with Crippen LogP contribution in [0.25, 0.3) is 0 Å². The molecule has 5 nitrogen and oxygen atoms in total. The van der Waals surface area contributed by atoms with Crippen molar-refractivity contribution in [2.24, 2.45) is 23.7 Å². The number of fused-ring (bicyclic) bond motifs is 2. The third-order valence-corrected chi connectivity index (χ3v) is 8.15. The second kappa shape index (κ2) is 7.31. The maximum atomic E-state index is 13.5. The number of nitrogens with one attached hydrogen (secondary N) is 1. The van der Waals surface area contributed by atoms with E-state index >= 15 is 0 Å². The number of piperidine rings is 1. The number of amides is 1. The first-order valence-corrected chi connectivity index (χ1v) is 12.0. The number of hydrogen-bond donors (Lipinski definition) is 1. The van der Waals surface area contributed by atoms with Gasteiger partial charge in [-0.15, -0.1) is 0 Å². The van der Waals surface area contributed by atoms with Crippen molar-refractivity contribution in [2.75, 3.05) is 18.0 Å². The molecule has 1 aromatic heterocycles. The van der Waals surface area contributed by atoms with Crippen molar-refractivity contribution in [3.63, 3.8) is 0 Å². The SMILES string of the molecule is CC(C)(C)n1ncc(C(=O)NC2CCC3CC4CC(C3)C2C4)c1N1CCCCC1. The van der Waals surface area contributed by atoms with Crippen LogP contribution in [0.5, 0.6) is 0 Å². The lowest BCUT2D eigenvalue weighted by atomic mass is 9.80. The van der Waals surface area contributed by atoms with E-state index in [0.29, 0.717) is 12.0 Å². The summed E-state index contributed by atoms with van der Waals surface area (Å²) >= 11 is 0. The normalized spacial score (nSPS) is 34.3. The van der Waals surface area contributed by atoms with Crippen molar-refractivity contribution < 1.29 is 4.79 Å².